The molecule has 0 amide bonds. The summed E-state index contributed by atoms with van der Waals surface area (Å²) < 4.78 is 32.4. The van der Waals surface area contributed by atoms with E-state index in [-0.39, 0.29) is 16.4 Å². The Balaban J connectivity index is 1.78. The van der Waals surface area contributed by atoms with Crippen LogP contribution in [0.25, 0.3) is 10.8 Å². The van der Waals surface area contributed by atoms with Crippen molar-refractivity contribution in [3.8, 4) is 0 Å². The fourth-order valence-electron chi connectivity index (χ4n) is 2.30. The number of rotatable bonds is 6. The fourth-order valence-corrected chi connectivity index (χ4v) is 4.30. The molecule has 0 aliphatic rings. The van der Waals surface area contributed by atoms with Crippen LogP contribution in [0.2, 0.25) is 0 Å². The van der Waals surface area contributed by atoms with Crippen LogP contribution in [0.3, 0.4) is 0 Å². The van der Waals surface area contributed by atoms with E-state index < -0.39 is 16.0 Å². The summed E-state index contributed by atoms with van der Waals surface area (Å²) in [7, 11) is -3.75. The number of carbonyl (C=O) groups is 1. The zero-order chi connectivity index (χ0) is 17.9. The molecule has 130 valence electrons. The highest BCUT2D eigenvalue weighted by molar-refractivity contribution is 7.93. The smallest absolute Gasteiger partial charge is 0.311 e. The van der Waals surface area contributed by atoms with Gasteiger partial charge in [-0.3, -0.25) is 9.52 Å². The van der Waals surface area contributed by atoms with Crippen LogP contribution in [0.4, 0.5) is 5.13 Å². The van der Waals surface area contributed by atoms with Gasteiger partial charge in [0, 0.05) is 5.38 Å². The highest BCUT2D eigenvalue weighted by Gasteiger charge is 2.17. The molecule has 0 bridgehead atoms. The Bertz CT molecular complexity index is 1010. The van der Waals surface area contributed by atoms with E-state index in [0.29, 0.717) is 12.3 Å². The van der Waals surface area contributed by atoms with Crippen molar-refractivity contribution in [3.05, 3.63) is 53.5 Å². The average molecular weight is 376 g/mol. The monoisotopic (exact) mass is 376 g/mol. The SMILES string of the molecule is CCOC(=O)Cc1csc(NS(=O)(=O)c2ccc3ccccc3c2)n1. The summed E-state index contributed by atoms with van der Waals surface area (Å²) in [5.41, 5.74) is 0.472. The van der Waals surface area contributed by atoms with E-state index in [9.17, 15) is 13.2 Å². The van der Waals surface area contributed by atoms with E-state index in [1.54, 1.807) is 30.5 Å². The van der Waals surface area contributed by atoms with Crippen molar-refractivity contribution in [3.63, 3.8) is 0 Å². The number of esters is 1. The predicted molar refractivity (Wildman–Crippen MR) is 97.2 cm³/mol. The number of aromatic nitrogens is 1. The molecule has 3 rings (SSSR count). The van der Waals surface area contributed by atoms with Crippen LogP contribution in [0.15, 0.2) is 52.7 Å². The highest BCUT2D eigenvalue weighted by atomic mass is 32.2. The number of ether oxygens (including phenoxy) is 1. The molecule has 0 aliphatic carbocycles. The van der Waals surface area contributed by atoms with Crippen LogP contribution in [0.5, 0.6) is 0 Å². The first kappa shape index (κ1) is 17.4. The van der Waals surface area contributed by atoms with Gasteiger partial charge in [0.15, 0.2) is 5.13 Å². The molecule has 2 aromatic carbocycles. The lowest BCUT2D eigenvalue weighted by molar-refractivity contribution is -0.142. The Morgan fingerprint density at radius 1 is 1.20 bits per heavy atom. The minimum atomic E-state index is -3.75. The first-order chi connectivity index (χ1) is 12.0. The molecule has 0 saturated carbocycles. The zero-order valence-corrected chi connectivity index (χ0v) is 15.1. The Morgan fingerprint density at radius 3 is 2.72 bits per heavy atom. The number of sulfonamides is 1. The Labute approximate surface area is 149 Å². The first-order valence-corrected chi connectivity index (χ1v) is 9.96. The molecular weight excluding hydrogens is 360 g/mol. The normalized spacial score (nSPS) is 11.4. The van der Waals surface area contributed by atoms with E-state index in [4.69, 9.17) is 4.74 Å². The maximum Gasteiger partial charge on any atom is 0.311 e. The van der Waals surface area contributed by atoms with Gasteiger partial charge in [-0.1, -0.05) is 30.3 Å². The molecular formula is C17H16N2O4S2. The number of carbonyl (C=O) groups excluding carboxylic acids is 1. The molecule has 0 fully saturated rings. The van der Waals surface area contributed by atoms with E-state index >= 15 is 0 Å². The maximum absolute atomic E-state index is 12.5. The van der Waals surface area contributed by atoms with E-state index in [1.165, 1.54) is 0 Å². The molecule has 3 aromatic rings. The number of hydrogen-bond donors (Lipinski definition) is 1. The molecule has 0 spiro atoms. The van der Waals surface area contributed by atoms with Crippen molar-refractivity contribution in [2.75, 3.05) is 11.3 Å². The van der Waals surface area contributed by atoms with Crippen LogP contribution in [-0.2, 0) is 26.0 Å². The van der Waals surface area contributed by atoms with Gasteiger partial charge in [-0.25, -0.2) is 13.4 Å². The minimum Gasteiger partial charge on any atom is -0.466 e. The number of anilines is 1. The van der Waals surface area contributed by atoms with Crippen molar-refractivity contribution < 1.29 is 17.9 Å². The van der Waals surface area contributed by atoms with Gasteiger partial charge < -0.3 is 4.74 Å². The molecule has 1 heterocycles. The van der Waals surface area contributed by atoms with Gasteiger partial charge >= 0.3 is 5.97 Å². The van der Waals surface area contributed by atoms with Crippen molar-refractivity contribution in [2.45, 2.75) is 18.2 Å². The summed E-state index contributed by atoms with van der Waals surface area (Å²) in [6, 6.07) is 12.5. The van der Waals surface area contributed by atoms with Crippen LogP contribution < -0.4 is 4.72 Å². The lowest BCUT2D eigenvalue weighted by Gasteiger charge is -2.06. The van der Waals surface area contributed by atoms with Gasteiger partial charge in [0.1, 0.15) is 0 Å². The number of benzene rings is 2. The van der Waals surface area contributed by atoms with Crippen LogP contribution in [-0.4, -0.2) is 26.0 Å². The molecule has 25 heavy (non-hydrogen) atoms. The van der Waals surface area contributed by atoms with E-state index in [1.807, 2.05) is 24.3 Å². The molecule has 0 radical (unpaired) electrons. The molecule has 1 aromatic heterocycles. The van der Waals surface area contributed by atoms with E-state index in [0.717, 1.165) is 22.1 Å². The predicted octanol–water partition coefficient (Wildman–Crippen LogP) is 3.20. The summed E-state index contributed by atoms with van der Waals surface area (Å²) >= 11 is 1.13. The standard InChI is InChI=1S/C17H16N2O4S2/c1-2-23-16(20)10-14-11-24-17(18-14)19-25(21,22)15-8-7-12-5-3-4-6-13(12)9-15/h3-9,11H,2,10H2,1H3,(H,18,19). The topological polar surface area (TPSA) is 85.4 Å². The minimum absolute atomic E-state index is 0.0159. The van der Waals surface area contributed by atoms with Gasteiger partial charge in [-0.15, -0.1) is 11.3 Å². The molecule has 8 heteroatoms. The van der Waals surface area contributed by atoms with Gasteiger partial charge in [0.05, 0.1) is 23.6 Å². The van der Waals surface area contributed by atoms with Crippen molar-refractivity contribution in [1.82, 2.24) is 4.98 Å². The second kappa shape index (κ2) is 7.20. The van der Waals surface area contributed by atoms with Crippen LogP contribution in [0.1, 0.15) is 12.6 Å². The molecule has 0 unspecified atom stereocenters. The third kappa shape index (κ3) is 4.15. The Hall–Kier alpha value is -2.45. The summed E-state index contributed by atoms with van der Waals surface area (Å²) in [6.45, 7) is 2.02. The van der Waals surface area contributed by atoms with Crippen LogP contribution >= 0.6 is 11.3 Å². The lowest BCUT2D eigenvalue weighted by Crippen LogP contribution is -2.13. The van der Waals surface area contributed by atoms with Gasteiger partial charge in [0.25, 0.3) is 10.0 Å². The zero-order valence-electron chi connectivity index (χ0n) is 13.4. The maximum atomic E-state index is 12.5. The Kier molecular flexibility index (Phi) is 5.00. The third-order valence-corrected chi connectivity index (χ3v) is 5.71. The number of nitrogens with zero attached hydrogens (tertiary/aromatic N) is 1. The molecule has 0 atom stereocenters. The second-order valence-corrected chi connectivity index (χ2v) is 7.78. The summed E-state index contributed by atoms with van der Waals surface area (Å²) in [5.74, 6) is -0.392. The third-order valence-electron chi connectivity index (χ3n) is 3.44. The molecule has 1 N–H and O–H groups in total. The second-order valence-electron chi connectivity index (χ2n) is 5.24. The molecule has 0 aliphatic heterocycles. The van der Waals surface area contributed by atoms with Crippen molar-refractivity contribution in [2.24, 2.45) is 0 Å². The summed E-state index contributed by atoms with van der Waals surface area (Å²) in [6.07, 6.45) is 0.0159. The summed E-state index contributed by atoms with van der Waals surface area (Å²) in [5, 5.41) is 3.65. The number of fused-ring (bicyclic) bond motifs is 1. The van der Waals surface area contributed by atoms with Crippen molar-refractivity contribution >= 4 is 43.2 Å². The largest absolute Gasteiger partial charge is 0.466 e. The lowest BCUT2D eigenvalue weighted by atomic mass is 10.1. The fraction of sp³-hybridized carbons (Fsp3) is 0.176. The first-order valence-electron chi connectivity index (χ1n) is 7.59. The number of nitrogens with one attached hydrogen (secondary N) is 1. The van der Waals surface area contributed by atoms with Crippen LogP contribution in [0, 0.1) is 0 Å². The highest BCUT2D eigenvalue weighted by Crippen LogP contribution is 2.23. The molecule has 0 saturated heterocycles. The number of hydrogen-bond acceptors (Lipinski definition) is 6. The Morgan fingerprint density at radius 2 is 1.96 bits per heavy atom. The number of thiazole rings is 1. The van der Waals surface area contributed by atoms with Crippen molar-refractivity contribution in [1.29, 1.82) is 0 Å². The van der Waals surface area contributed by atoms with Gasteiger partial charge in [0.2, 0.25) is 0 Å². The summed E-state index contributed by atoms with van der Waals surface area (Å²) in [4.78, 5) is 15.8. The van der Waals surface area contributed by atoms with E-state index in [2.05, 4.69) is 9.71 Å². The molecule has 6 nitrogen and oxygen atoms in total. The quantitative estimate of drug-likeness (QED) is 0.668. The average Bonchev–Trinajstić information content (AvgIpc) is 3.00. The van der Waals surface area contributed by atoms with Gasteiger partial charge in [-0.05, 0) is 29.8 Å². The van der Waals surface area contributed by atoms with Gasteiger partial charge in [-0.2, -0.15) is 0 Å².